The van der Waals surface area contributed by atoms with Crippen LogP contribution in [0.25, 0.3) is 0 Å². The molecule has 0 atom stereocenters. The molecule has 0 aliphatic carbocycles. The Kier molecular flexibility index (Phi) is 14.9. The lowest BCUT2D eigenvalue weighted by Crippen LogP contribution is -2.05. The van der Waals surface area contributed by atoms with Crippen LogP contribution >= 0.6 is 0 Å². The van der Waals surface area contributed by atoms with Gasteiger partial charge in [0, 0.05) is 5.57 Å². The number of carbonyl (C=O) groups excluding carboxylic acids is 1. The lowest BCUT2D eigenvalue weighted by Gasteiger charge is -2.08. The zero-order valence-corrected chi connectivity index (χ0v) is 19.5. The highest BCUT2D eigenvalue weighted by atomic mass is 16.5. The topological polar surface area (TPSA) is 46.5 Å². The summed E-state index contributed by atoms with van der Waals surface area (Å²) < 4.78 is 5.10. The Bertz CT molecular complexity index is 606. The van der Waals surface area contributed by atoms with Crippen molar-refractivity contribution in [1.82, 2.24) is 0 Å². The first-order chi connectivity index (χ1) is 14.5. The average molecular weight is 417 g/mol. The van der Waals surface area contributed by atoms with Gasteiger partial charge in [0.2, 0.25) is 0 Å². The van der Waals surface area contributed by atoms with Crippen LogP contribution in [0.5, 0.6) is 5.75 Å². The fourth-order valence-corrected chi connectivity index (χ4v) is 3.69. The maximum atomic E-state index is 11.3. The highest BCUT2D eigenvalue weighted by molar-refractivity contribution is 5.86. The lowest BCUT2D eigenvalue weighted by atomic mass is 9.99. The minimum atomic E-state index is -0.279. The molecule has 0 heterocycles. The van der Waals surface area contributed by atoms with E-state index in [1.54, 1.807) is 6.92 Å². The van der Waals surface area contributed by atoms with Crippen LogP contribution in [0.15, 0.2) is 30.4 Å². The second-order valence-electron chi connectivity index (χ2n) is 8.62. The Morgan fingerprint density at radius 2 is 1.43 bits per heavy atom. The number of ether oxygens (including phenoxy) is 1. The molecule has 0 aromatic heterocycles. The molecule has 0 spiro atoms. The van der Waals surface area contributed by atoms with Crippen LogP contribution < -0.4 is 0 Å². The SMILES string of the molecule is C=C(C)C(=O)OCCCCCCCCCCc1cc(CCCCCCC)ccc1O. The largest absolute Gasteiger partial charge is 0.508 e. The zero-order valence-electron chi connectivity index (χ0n) is 19.5. The van der Waals surface area contributed by atoms with E-state index in [9.17, 15) is 9.90 Å². The molecule has 0 saturated carbocycles. The number of aryl methyl sites for hydroxylation is 2. The predicted octanol–water partition coefficient (Wildman–Crippen LogP) is 7.69. The zero-order chi connectivity index (χ0) is 22.0. The van der Waals surface area contributed by atoms with Gasteiger partial charge >= 0.3 is 5.97 Å². The fourth-order valence-electron chi connectivity index (χ4n) is 3.69. The average Bonchev–Trinajstić information content (AvgIpc) is 2.73. The minimum Gasteiger partial charge on any atom is -0.508 e. The molecule has 170 valence electrons. The Hall–Kier alpha value is -1.77. The number of benzene rings is 1. The summed E-state index contributed by atoms with van der Waals surface area (Å²) >= 11 is 0. The summed E-state index contributed by atoms with van der Waals surface area (Å²) in [6.45, 7) is 8.01. The standard InChI is InChI=1S/C27H44O3/c1-4-5-6-11-14-17-24-19-20-26(28)25(22-24)18-15-12-9-7-8-10-13-16-21-30-27(29)23(2)3/h19-20,22,28H,2,4-18,21H2,1,3H3. The van der Waals surface area contributed by atoms with Crippen LogP contribution in [0, 0.1) is 0 Å². The third-order valence-corrected chi connectivity index (χ3v) is 5.63. The first-order valence-corrected chi connectivity index (χ1v) is 12.2. The molecule has 1 aromatic carbocycles. The van der Waals surface area contributed by atoms with Gasteiger partial charge in [-0.15, -0.1) is 0 Å². The third kappa shape index (κ3) is 12.7. The Balaban J connectivity index is 2.06. The van der Waals surface area contributed by atoms with Crippen LogP contribution in [0.1, 0.15) is 108 Å². The summed E-state index contributed by atoms with van der Waals surface area (Å²) in [7, 11) is 0. The maximum Gasteiger partial charge on any atom is 0.333 e. The molecule has 1 aromatic rings. The normalized spacial score (nSPS) is 10.9. The number of esters is 1. The fraction of sp³-hybridized carbons (Fsp3) is 0.667. The van der Waals surface area contributed by atoms with Gasteiger partial charge in [-0.2, -0.15) is 0 Å². The van der Waals surface area contributed by atoms with E-state index in [0.717, 1.165) is 37.7 Å². The number of aromatic hydroxyl groups is 1. The molecule has 0 unspecified atom stereocenters. The van der Waals surface area contributed by atoms with E-state index < -0.39 is 0 Å². The van der Waals surface area contributed by atoms with Crippen molar-refractivity contribution >= 4 is 5.97 Å². The monoisotopic (exact) mass is 416 g/mol. The van der Waals surface area contributed by atoms with E-state index in [1.165, 1.54) is 69.8 Å². The van der Waals surface area contributed by atoms with Crippen molar-refractivity contribution in [3.63, 3.8) is 0 Å². The van der Waals surface area contributed by atoms with Crippen molar-refractivity contribution in [3.05, 3.63) is 41.5 Å². The summed E-state index contributed by atoms with van der Waals surface area (Å²) in [6, 6.07) is 6.18. The van der Waals surface area contributed by atoms with Crippen molar-refractivity contribution in [2.24, 2.45) is 0 Å². The molecular weight excluding hydrogens is 372 g/mol. The molecule has 3 nitrogen and oxygen atoms in total. The Morgan fingerprint density at radius 1 is 0.867 bits per heavy atom. The van der Waals surface area contributed by atoms with Crippen molar-refractivity contribution in [3.8, 4) is 5.75 Å². The smallest absolute Gasteiger partial charge is 0.333 e. The van der Waals surface area contributed by atoms with Gasteiger partial charge in [-0.25, -0.2) is 4.79 Å². The molecule has 0 bridgehead atoms. The second-order valence-corrected chi connectivity index (χ2v) is 8.62. The second kappa shape index (κ2) is 17.0. The number of hydrogen-bond acceptors (Lipinski definition) is 3. The quantitative estimate of drug-likeness (QED) is 0.152. The number of unbranched alkanes of at least 4 members (excludes halogenated alkanes) is 11. The summed E-state index contributed by atoms with van der Waals surface area (Å²) in [6.07, 6.45) is 18.0. The highest BCUT2D eigenvalue weighted by Gasteiger charge is 2.04. The molecule has 0 fully saturated rings. The third-order valence-electron chi connectivity index (χ3n) is 5.63. The van der Waals surface area contributed by atoms with E-state index in [4.69, 9.17) is 4.74 Å². The van der Waals surface area contributed by atoms with Crippen LogP contribution in [-0.2, 0) is 22.4 Å². The number of phenols is 1. The predicted molar refractivity (Wildman–Crippen MR) is 127 cm³/mol. The number of carbonyl (C=O) groups is 1. The highest BCUT2D eigenvalue weighted by Crippen LogP contribution is 2.22. The van der Waals surface area contributed by atoms with E-state index in [0.29, 0.717) is 17.9 Å². The van der Waals surface area contributed by atoms with Crippen molar-refractivity contribution in [1.29, 1.82) is 0 Å². The van der Waals surface area contributed by atoms with Crippen molar-refractivity contribution in [2.45, 2.75) is 110 Å². The van der Waals surface area contributed by atoms with Crippen molar-refractivity contribution < 1.29 is 14.6 Å². The molecule has 1 rings (SSSR count). The number of hydrogen-bond donors (Lipinski definition) is 1. The van der Waals surface area contributed by atoms with E-state index in [-0.39, 0.29) is 5.97 Å². The number of phenolic OH excluding ortho intramolecular Hbond substituents is 1. The molecule has 0 aliphatic heterocycles. The molecule has 0 radical (unpaired) electrons. The van der Waals surface area contributed by atoms with E-state index >= 15 is 0 Å². The van der Waals surface area contributed by atoms with E-state index in [1.807, 2.05) is 6.07 Å². The van der Waals surface area contributed by atoms with E-state index in [2.05, 4.69) is 25.6 Å². The van der Waals surface area contributed by atoms with Crippen molar-refractivity contribution in [2.75, 3.05) is 6.61 Å². The summed E-state index contributed by atoms with van der Waals surface area (Å²) in [5, 5.41) is 10.1. The molecule has 3 heteroatoms. The summed E-state index contributed by atoms with van der Waals surface area (Å²) in [5.74, 6) is 0.177. The minimum absolute atomic E-state index is 0.279. The molecule has 0 amide bonds. The van der Waals surface area contributed by atoms with Gasteiger partial charge in [-0.3, -0.25) is 0 Å². The molecular formula is C27H44O3. The van der Waals surface area contributed by atoms with Crippen LogP contribution in [-0.4, -0.2) is 17.7 Å². The van der Waals surface area contributed by atoms with Crippen LogP contribution in [0.3, 0.4) is 0 Å². The van der Waals surface area contributed by atoms with Crippen LogP contribution in [0.4, 0.5) is 0 Å². The van der Waals surface area contributed by atoms with Gasteiger partial charge in [-0.05, 0) is 56.2 Å². The van der Waals surface area contributed by atoms with Gasteiger partial charge in [0.1, 0.15) is 5.75 Å². The summed E-state index contributed by atoms with van der Waals surface area (Å²) in [5.41, 5.74) is 2.95. The first-order valence-electron chi connectivity index (χ1n) is 12.2. The first kappa shape index (κ1) is 26.3. The Morgan fingerprint density at radius 3 is 2.07 bits per heavy atom. The van der Waals surface area contributed by atoms with Crippen LogP contribution in [0.2, 0.25) is 0 Å². The molecule has 0 saturated heterocycles. The molecule has 1 N–H and O–H groups in total. The Labute approximate surface area is 184 Å². The van der Waals surface area contributed by atoms with Gasteiger partial charge in [-0.1, -0.05) is 89.8 Å². The maximum absolute atomic E-state index is 11.3. The molecule has 30 heavy (non-hydrogen) atoms. The van der Waals surface area contributed by atoms with Gasteiger partial charge in [0.05, 0.1) is 6.61 Å². The number of rotatable bonds is 18. The lowest BCUT2D eigenvalue weighted by molar-refractivity contribution is -0.139. The summed E-state index contributed by atoms with van der Waals surface area (Å²) in [4.78, 5) is 11.3. The van der Waals surface area contributed by atoms with Gasteiger partial charge < -0.3 is 9.84 Å². The van der Waals surface area contributed by atoms with Gasteiger partial charge in [0.15, 0.2) is 0 Å². The van der Waals surface area contributed by atoms with Gasteiger partial charge in [0.25, 0.3) is 0 Å². The molecule has 0 aliphatic rings.